The summed E-state index contributed by atoms with van der Waals surface area (Å²) >= 11 is 0. The molecule has 1 fully saturated rings. The summed E-state index contributed by atoms with van der Waals surface area (Å²) in [5, 5.41) is 14.9. The van der Waals surface area contributed by atoms with E-state index in [2.05, 4.69) is 16.2 Å². The van der Waals surface area contributed by atoms with E-state index in [1.165, 1.54) is 4.90 Å². The molecule has 3 aromatic carbocycles. The minimum Gasteiger partial charge on any atom is -0.485 e. The molecule has 4 rings (SSSR count). The van der Waals surface area contributed by atoms with Crippen LogP contribution in [0.2, 0.25) is 0 Å². The maximum atomic E-state index is 13.9. The van der Waals surface area contributed by atoms with Crippen LogP contribution >= 0.6 is 0 Å². The van der Waals surface area contributed by atoms with Gasteiger partial charge in [-0.05, 0) is 54.9 Å². The van der Waals surface area contributed by atoms with Gasteiger partial charge in [0.15, 0.2) is 5.78 Å². The summed E-state index contributed by atoms with van der Waals surface area (Å²) < 4.78 is 6.01. The monoisotopic (exact) mass is 629 g/mol. The number of hydrogen-bond acceptors (Lipinski definition) is 7. The lowest BCUT2D eigenvalue weighted by Gasteiger charge is -2.37. The number of ketones is 1. The normalized spacial score (nSPS) is 16.6. The molecule has 10 heteroatoms. The number of nitrogens with zero attached hydrogens (tertiary/aromatic N) is 1. The second kappa shape index (κ2) is 16.4. The first-order chi connectivity index (χ1) is 22.1. The number of carbonyl (C=O) groups excluding carboxylic acids is 3. The molecule has 1 heterocycles. The van der Waals surface area contributed by atoms with E-state index in [9.17, 15) is 19.5 Å². The lowest BCUT2D eigenvalue weighted by Crippen LogP contribution is -2.63. The van der Waals surface area contributed by atoms with Crippen molar-refractivity contribution in [2.24, 2.45) is 17.6 Å². The van der Waals surface area contributed by atoms with Gasteiger partial charge in [-0.25, -0.2) is 10.2 Å². The predicted molar refractivity (Wildman–Crippen MR) is 178 cm³/mol. The molecule has 0 bridgehead atoms. The number of amides is 3. The fourth-order valence-corrected chi connectivity index (χ4v) is 6.18. The van der Waals surface area contributed by atoms with Crippen LogP contribution in [0.15, 0.2) is 78.9 Å². The largest absolute Gasteiger partial charge is 0.485 e. The molecule has 0 spiro atoms. The number of nitrogens with two attached hydrogens (primary N) is 1. The second-order valence-electron chi connectivity index (χ2n) is 12.4. The van der Waals surface area contributed by atoms with Crippen LogP contribution in [0.3, 0.4) is 0 Å². The number of nitrogens with one attached hydrogen (secondary N) is 3. The summed E-state index contributed by atoms with van der Waals surface area (Å²) in [6.45, 7) is 8.23. The highest BCUT2D eigenvalue weighted by Gasteiger charge is 2.38. The zero-order chi connectivity index (χ0) is 33.2. The van der Waals surface area contributed by atoms with Crippen LogP contribution in [-0.2, 0) is 16.0 Å². The SMILES string of the molecule is Cc1cccc(C)c1OCC(=O)[C@@H](C(N)c1ccccc1)[C@H](O)C[C@H](Cc1ccccc1)NC(=O)C(C(C)C)N1CCNNC1=O. The number of aliphatic hydroxyl groups is 1. The van der Waals surface area contributed by atoms with Crippen molar-refractivity contribution in [3.05, 3.63) is 101 Å². The number of carbonyl (C=O) groups is 3. The Hall–Kier alpha value is -4.25. The lowest BCUT2D eigenvalue weighted by atomic mass is 9.82. The summed E-state index contributed by atoms with van der Waals surface area (Å²) in [5.41, 5.74) is 15.6. The molecule has 46 heavy (non-hydrogen) atoms. The van der Waals surface area contributed by atoms with E-state index in [4.69, 9.17) is 10.5 Å². The van der Waals surface area contributed by atoms with Crippen molar-refractivity contribution in [1.29, 1.82) is 0 Å². The van der Waals surface area contributed by atoms with Gasteiger partial charge in [0, 0.05) is 25.2 Å². The molecule has 0 aromatic heterocycles. The molecule has 0 saturated carbocycles. The molecule has 5 atom stereocenters. The highest BCUT2D eigenvalue weighted by Crippen LogP contribution is 2.28. The minimum absolute atomic E-state index is 0.0551. The van der Waals surface area contributed by atoms with E-state index in [1.807, 2.05) is 107 Å². The van der Waals surface area contributed by atoms with Crippen LogP contribution < -0.4 is 26.6 Å². The molecular formula is C36H47N5O5. The van der Waals surface area contributed by atoms with Crippen molar-refractivity contribution in [2.45, 2.75) is 64.8 Å². The number of hydrazine groups is 1. The van der Waals surface area contributed by atoms with Crippen LogP contribution in [0.1, 0.15) is 48.6 Å². The van der Waals surface area contributed by atoms with Crippen LogP contribution in [0, 0.1) is 25.7 Å². The van der Waals surface area contributed by atoms with Crippen LogP contribution in [0.4, 0.5) is 4.79 Å². The van der Waals surface area contributed by atoms with Crippen molar-refractivity contribution in [3.63, 3.8) is 0 Å². The number of rotatable bonds is 15. The summed E-state index contributed by atoms with van der Waals surface area (Å²) in [7, 11) is 0. The van der Waals surface area contributed by atoms with Gasteiger partial charge in [0.1, 0.15) is 18.4 Å². The first kappa shape index (κ1) is 34.6. The quantitative estimate of drug-likeness (QED) is 0.173. The van der Waals surface area contributed by atoms with E-state index in [1.54, 1.807) is 0 Å². The van der Waals surface area contributed by atoms with Gasteiger partial charge in [-0.3, -0.25) is 15.0 Å². The van der Waals surface area contributed by atoms with Crippen LogP contribution in [0.25, 0.3) is 0 Å². The molecule has 0 aliphatic carbocycles. The summed E-state index contributed by atoms with van der Waals surface area (Å²) in [4.78, 5) is 41.9. The number of aryl methyl sites for hydroxylation is 2. The molecule has 246 valence electrons. The maximum absolute atomic E-state index is 13.9. The number of aliphatic hydroxyl groups excluding tert-OH is 1. The molecular weight excluding hydrogens is 582 g/mol. The van der Waals surface area contributed by atoms with E-state index in [-0.39, 0.29) is 36.7 Å². The number of Topliss-reactive ketones (excluding diaryl/α,β-unsaturated/α-hetero) is 1. The molecule has 6 N–H and O–H groups in total. The molecule has 0 radical (unpaired) electrons. The highest BCUT2D eigenvalue weighted by atomic mass is 16.5. The Morgan fingerprint density at radius 2 is 1.61 bits per heavy atom. The van der Waals surface area contributed by atoms with Gasteiger partial charge >= 0.3 is 6.03 Å². The molecule has 1 aliphatic heterocycles. The lowest BCUT2D eigenvalue weighted by molar-refractivity contribution is -0.130. The van der Waals surface area contributed by atoms with Gasteiger partial charge < -0.3 is 25.8 Å². The third-order valence-corrected chi connectivity index (χ3v) is 8.49. The molecule has 3 aromatic rings. The fraction of sp³-hybridized carbons (Fsp3) is 0.417. The van der Waals surface area contributed by atoms with E-state index in [0.717, 1.165) is 16.7 Å². The Labute approximate surface area is 271 Å². The second-order valence-corrected chi connectivity index (χ2v) is 12.4. The highest BCUT2D eigenvalue weighted by molar-refractivity contribution is 5.88. The number of hydrogen-bond donors (Lipinski definition) is 5. The number of para-hydroxylation sites is 1. The fourth-order valence-electron chi connectivity index (χ4n) is 6.18. The van der Waals surface area contributed by atoms with Crippen LogP contribution in [0.5, 0.6) is 5.75 Å². The van der Waals surface area contributed by atoms with Crippen molar-refractivity contribution in [1.82, 2.24) is 21.1 Å². The molecule has 3 amide bonds. The molecule has 10 nitrogen and oxygen atoms in total. The van der Waals surface area contributed by atoms with E-state index < -0.39 is 30.1 Å². The first-order valence-electron chi connectivity index (χ1n) is 15.9. The Morgan fingerprint density at radius 1 is 0.978 bits per heavy atom. The summed E-state index contributed by atoms with van der Waals surface area (Å²) in [6.07, 6.45) is -0.749. The molecule has 1 aliphatic rings. The third kappa shape index (κ3) is 8.93. The Balaban J connectivity index is 1.60. The molecule has 1 saturated heterocycles. The maximum Gasteiger partial charge on any atom is 0.332 e. The average Bonchev–Trinajstić information content (AvgIpc) is 3.02. The Morgan fingerprint density at radius 3 is 2.22 bits per heavy atom. The van der Waals surface area contributed by atoms with Crippen molar-refractivity contribution < 1.29 is 24.2 Å². The van der Waals surface area contributed by atoms with Gasteiger partial charge in [-0.1, -0.05) is 92.7 Å². The zero-order valence-corrected chi connectivity index (χ0v) is 27.1. The topological polar surface area (TPSA) is 146 Å². The summed E-state index contributed by atoms with van der Waals surface area (Å²) in [6, 6.07) is 22.1. The van der Waals surface area contributed by atoms with Gasteiger partial charge in [-0.15, -0.1) is 0 Å². The first-order valence-corrected chi connectivity index (χ1v) is 15.9. The Bertz CT molecular complexity index is 1430. The van der Waals surface area contributed by atoms with Crippen LogP contribution in [-0.4, -0.2) is 65.6 Å². The minimum atomic E-state index is -1.21. The Kier molecular flexibility index (Phi) is 12.3. The van der Waals surface area contributed by atoms with E-state index in [0.29, 0.717) is 30.8 Å². The number of ether oxygens (including phenoxy) is 1. The van der Waals surface area contributed by atoms with E-state index >= 15 is 0 Å². The van der Waals surface area contributed by atoms with Gasteiger partial charge in [0.2, 0.25) is 5.91 Å². The van der Waals surface area contributed by atoms with Gasteiger partial charge in [-0.2, -0.15) is 0 Å². The van der Waals surface area contributed by atoms with Crippen molar-refractivity contribution in [3.8, 4) is 5.75 Å². The predicted octanol–water partition coefficient (Wildman–Crippen LogP) is 3.60. The third-order valence-electron chi connectivity index (χ3n) is 8.49. The zero-order valence-electron chi connectivity index (χ0n) is 27.1. The smallest absolute Gasteiger partial charge is 0.332 e. The average molecular weight is 630 g/mol. The van der Waals surface area contributed by atoms with Gasteiger partial charge in [0.25, 0.3) is 0 Å². The number of benzene rings is 3. The standard InChI is InChI=1S/C36H47N5O5/c1-23(2)33(41-19-18-38-40-36(41)45)35(44)39-28(20-26-14-7-5-8-15-26)21-29(42)31(32(37)27-16-9-6-10-17-27)30(43)22-46-34-24(3)12-11-13-25(34)4/h5-17,23,28-29,31-33,38,42H,18-22,37H2,1-4H3,(H,39,44)(H,40,45)/t28-,29+,31-,32?,33?/m0/s1. The van der Waals surface area contributed by atoms with Crippen molar-refractivity contribution in [2.75, 3.05) is 19.7 Å². The summed E-state index contributed by atoms with van der Waals surface area (Å²) in [5.74, 6) is -1.22. The van der Waals surface area contributed by atoms with Gasteiger partial charge in [0.05, 0.1) is 12.0 Å². The molecule has 2 unspecified atom stereocenters. The van der Waals surface area contributed by atoms with Crippen molar-refractivity contribution >= 4 is 17.7 Å². The number of urea groups is 1.